The molecular formula is C19H25IN6. The lowest BCUT2D eigenvalue weighted by molar-refractivity contribution is 0.597. The Labute approximate surface area is 171 Å². The lowest BCUT2D eigenvalue weighted by Gasteiger charge is -2.12. The molecule has 2 heterocycles. The number of guanidine groups is 1. The van der Waals surface area contributed by atoms with Crippen LogP contribution in [0.3, 0.4) is 0 Å². The second kappa shape index (κ2) is 10.1. The van der Waals surface area contributed by atoms with Crippen molar-refractivity contribution in [3.05, 3.63) is 60.0 Å². The molecule has 2 N–H and O–H groups in total. The number of rotatable bonds is 6. The van der Waals surface area contributed by atoms with E-state index >= 15 is 0 Å². The molecule has 0 aliphatic carbocycles. The SMILES string of the molecule is CCNC(=NCc1ccnc2ccccc12)NCCn1cc(C)cn1.I. The number of aromatic nitrogens is 3. The van der Waals surface area contributed by atoms with Crippen molar-refractivity contribution < 1.29 is 0 Å². The van der Waals surface area contributed by atoms with Gasteiger partial charge in [0.05, 0.1) is 24.8 Å². The lowest BCUT2D eigenvalue weighted by atomic mass is 10.1. The summed E-state index contributed by atoms with van der Waals surface area (Å²) in [5, 5.41) is 12.1. The first-order valence-electron chi connectivity index (χ1n) is 8.60. The highest BCUT2D eigenvalue weighted by molar-refractivity contribution is 14.0. The van der Waals surface area contributed by atoms with E-state index in [1.807, 2.05) is 54.5 Å². The molecular weight excluding hydrogens is 439 g/mol. The number of nitrogens with one attached hydrogen (secondary N) is 2. The molecule has 0 aliphatic heterocycles. The van der Waals surface area contributed by atoms with Crippen molar-refractivity contribution in [2.24, 2.45) is 4.99 Å². The van der Waals surface area contributed by atoms with Crippen molar-refractivity contribution in [1.82, 2.24) is 25.4 Å². The number of halogens is 1. The van der Waals surface area contributed by atoms with Crippen LogP contribution in [0.4, 0.5) is 0 Å². The molecule has 2 aromatic heterocycles. The van der Waals surface area contributed by atoms with Crippen LogP contribution < -0.4 is 10.6 Å². The summed E-state index contributed by atoms with van der Waals surface area (Å²) < 4.78 is 1.93. The third-order valence-corrected chi connectivity index (χ3v) is 3.89. The predicted molar refractivity (Wildman–Crippen MR) is 117 cm³/mol. The molecule has 0 unspecified atom stereocenters. The summed E-state index contributed by atoms with van der Waals surface area (Å²) >= 11 is 0. The summed E-state index contributed by atoms with van der Waals surface area (Å²) in [5.41, 5.74) is 3.35. The minimum atomic E-state index is 0. The second-order valence-corrected chi connectivity index (χ2v) is 5.89. The van der Waals surface area contributed by atoms with Gasteiger partial charge in [0.2, 0.25) is 0 Å². The summed E-state index contributed by atoms with van der Waals surface area (Å²) in [6, 6.07) is 10.2. The number of aryl methyl sites for hydroxylation is 1. The molecule has 26 heavy (non-hydrogen) atoms. The van der Waals surface area contributed by atoms with Crippen LogP contribution in [-0.2, 0) is 13.1 Å². The van der Waals surface area contributed by atoms with E-state index < -0.39 is 0 Å². The molecule has 0 fully saturated rings. The van der Waals surface area contributed by atoms with E-state index in [1.165, 1.54) is 11.1 Å². The molecule has 3 aromatic rings. The number of pyridine rings is 1. The minimum absolute atomic E-state index is 0. The second-order valence-electron chi connectivity index (χ2n) is 5.89. The Morgan fingerprint density at radius 1 is 1.19 bits per heavy atom. The summed E-state index contributed by atoms with van der Waals surface area (Å²) in [4.78, 5) is 9.11. The number of hydrogen-bond donors (Lipinski definition) is 2. The minimum Gasteiger partial charge on any atom is -0.357 e. The number of hydrogen-bond acceptors (Lipinski definition) is 3. The molecule has 0 atom stereocenters. The Balaban J connectivity index is 0.00000243. The van der Waals surface area contributed by atoms with Gasteiger partial charge in [-0.15, -0.1) is 24.0 Å². The van der Waals surface area contributed by atoms with Gasteiger partial charge in [0, 0.05) is 30.9 Å². The molecule has 0 spiro atoms. The van der Waals surface area contributed by atoms with Crippen LogP contribution in [0.1, 0.15) is 18.1 Å². The van der Waals surface area contributed by atoms with Crippen molar-refractivity contribution in [3.8, 4) is 0 Å². The van der Waals surface area contributed by atoms with E-state index in [4.69, 9.17) is 4.99 Å². The Morgan fingerprint density at radius 2 is 2.04 bits per heavy atom. The average Bonchev–Trinajstić information content (AvgIpc) is 3.05. The number of nitrogens with zero attached hydrogens (tertiary/aromatic N) is 4. The van der Waals surface area contributed by atoms with Crippen molar-refractivity contribution in [2.75, 3.05) is 13.1 Å². The molecule has 138 valence electrons. The monoisotopic (exact) mass is 464 g/mol. The van der Waals surface area contributed by atoms with Crippen LogP contribution >= 0.6 is 24.0 Å². The van der Waals surface area contributed by atoms with Crippen molar-refractivity contribution in [2.45, 2.75) is 26.9 Å². The fraction of sp³-hybridized carbons (Fsp3) is 0.316. The van der Waals surface area contributed by atoms with E-state index in [0.29, 0.717) is 6.54 Å². The van der Waals surface area contributed by atoms with Gasteiger partial charge in [-0.3, -0.25) is 9.67 Å². The van der Waals surface area contributed by atoms with Gasteiger partial charge >= 0.3 is 0 Å². The van der Waals surface area contributed by atoms with Gasteiger partial charge in [-0.25, -0.2) is 4.99 Å². The molecule has 7 heteroatoms. The zero-order valence-corrected chi connectivity index (χ0v) is 17.5. The van der Waals surface area contributed by atoms with E-state index in [9.17, 15) is 0 Å². The molecule has 0 radical (unpaired) electrons. The Bertz CT molecular complexity index is 853. The summed E-state index contributed by atoms with van der Waals surface area (Å²) in [6.45, 7) is 7.11. The van der Waals surface area contributed by atoms with Gasteiger partial charge in [0.25, 0.3) is 0 Å². The molecule has 6 nitrogen and oxygen atoms in total. The average molecular weight is 464 g/mol. The normalized spacial score (nSPS) is 11.2. The highest BCUT2D eigenvalue weighted by Gasteiger charge is 2.02. The van der Waals surface area contributed by atoms with E-state index in [-0.39, 0.29) is 24.0 Å². The number of fused-ring (bicyclic) bond motifs is 1. The van der Waals surface area contributed by atoms with Crippen molar-refractivity contribution in [3.63, 3.8) is 0 Å². The van der Waals surface area contributed by atoms with Gasteiger partial charge in [0.1, 0.15) is 0 Å². The first-order chi connectivity index (χ1) is 12.3. The summed E-state index contributed by atoms with van der Waals surface area (Å²) in [5.74, 6) is 0.812. The van der Waals surface area contributed by atoms with Crippen LogP contribution in [0.5, 0.6) is 0 Å². The highest BCUT2D eigenvalue weighted by atomic mass is 127. The maximum atomic E-state index is 4.71. The fourth-order valence-corrected chi connectivity index (χ4v) is 2.68. The largest absolute Gasteiger partial charge is 0.357 e. The smallest absolute Gasteiger partial charge is 0.191 e. The first kappa shape index (κ1) is 20.2. The number of para-hydroxylation sites is 1. The number of aliphatic imine (C=N–C) groups is 1. The predicted octanol–water partition coefficient (Wildman–Crippen LogP) is 3.11. The molecule has 0 saturated heterocycles. The zero-order valence-electron chi connectivity index (χ0n) is 15.1. The Morgan fingerprint density at radius 3 is 2.81 bits per heavy atom. The lowest BCUT2D eigenvalue weighted by Crippen LogP contribution is -2.38. The van der Waals surface area contributed by atoms with E-state index in [2.05, 4.69) is 33.7 Å². The maximum Gasteiger partial charge on any atom is 0.191 e. The van der Waals surface area contributed by atoms with Crippen LogP contribution in [0.25, 0.3) is 10.9 Å². The zero-order chi connectivity index (χ0) is 17.5. The molecule has 0 aliphatic rings. The van der Waals surface area contributed by atoms with Gasteiger partial charge in [0.15, 0.2) is 5.96 Å². The summed E-state index contributed by atoms with van der Waals surface area (Å²) in [6.07, 6.45) is 5.75. The Hall–Kier alpha value is -2.16. The summed E-state index contributed by atoms with van der Waals surface area (Å²) in [7, 11) is 0. The van der Waals surface area contributed by atoms with Crippen LogP contribution in [-0.4, -0.2) is 33.8 Å². The van der Waals surface area contributed by atoms with Crippen molar-refractivity contribution >= 4 is 40.8 Å². The van der Waals surface area contributed by atoms with E-state index in [1.54, 1.807) is 0 Å². The first-order valence-corrected chi connectivity index (χ1v) is 8.60. The molecule has 0 bridgehead atoms. The highest BCUT2D eigenvalue weighted by Crippen LogP contribution is 2.16. The van der Waals surface area contributed by atoms with E-state index in [0.717, 1.165) is 36.5 Å². The maximum absolute atomic E-state index is 4.71. The third-order valence-electron chi connectivity index (χ3n) is 3.89. The standard InChI is InChI=1S/C19H24N6.HI/c1-3-20-19(22-10-11-25-14-15(2)12-24-25)23-13-16-8-9-21-18-7-5-4-6-17(16)18;/h4-9,12,14H,3,10-11,13H2,1-2H3,(H2,20,22,23);1H. The van der Waals surface area contributed by atoms with Crippen LogP contribution in [0.15, 0.2) is 53.9 Å². The van der Waals surface area contributed by atoms with Gasteiger partial charge in [-0.05, 0) is 37.1 Å². The van der Waals surface area contributed by atoms with Gasteiger partial charge < -0.3 is 10.6 Å². The molecule has 1 aromatic carbocycles. The topological polar surface area (TPSA) is 67.1 Å². The van der Waals surface area contributed by atoms with Crippen molar-refractivity contribution in [1.29, 1.82) is 0 Å². The third kappa shape index (κ3) is 5.42. The molecule has 0 saturated carbocycles. The quantitative estimate of drug-likeness (QED) is 0.334. The fourth-order valence-electron chi connectivity index (χ4n) is 2.68. The number of benzene rings is 1. The van der Waals surface area contributed by atoms with Crippen LogP contribution in [0, 0.1) is 6.92 Å². The Kier molecular flexibility index (Phi) is 7.83. The van der Waals surface area contributed by atoms with Crippen LogP contribution in [0.2, 0.25) is 0 Å². The van der Waals surface area contributed by atoms with Gasteiger partial charge in [-0.2, -0.15) is 5.10 Å². The molecule has 3 rings (SSSR count). The molecule has 0 amide bonds. The van der Waals surface area contributed by atoms with Gasteiger partial charge in [-0.1, -0.05) is 18.2 Å².